The lowest BCUT2D eigenvalue weighted by molar-refractivity contribution is 0.122. The Hall–Kier alpha value is -1.67. The number of nitrogen functional groups attached to an aromatic ring is 1. The van der Waals surface area contributed by atoms with Gasteiger partial charge in [0.05, 0.1) is 13.2 Å². The van der Waals surface area contributed by atoms with E-state index in [9.17, 15) is 0 Å². The molecule has 1 aromatic rings. The van der Waals surface area contributed by atoms with Gasteiger partial charge in [0.1, 0.15) is 0 Å². The smallest absolute Gasteiger partial charge is 0.232 e. The van der Waals surface area contributed by atoms with E-state index < -0.39 is 0 Å². The van der Waals surface area contributed by atoms with Gasteiger partial charge in [0.2, 0.25) is 17.8 Å². The summed E-state index contributed by atoms with van der Waals surface area (Å²) >= 11 is 0. The lowest BCUT2D eigenvalue weighted by Crippen LogP contribution is -2.37. The number of nitrogens with zero attached hydrogens (tertiary/aromatic N) is 5. The Labute approximate surface area is 125 Å². The quantitative estimate of drug-likeness (QED) is 0.760. The van der Waals surface area contributed by atoms with Gasteiger partial charge < -0.3 is 25.6 Å². The minimum Gasteiger partial charge on any atom is -0.378 e. The van der Waals surface area contributed by atoms with Crippen molar-refractivity contribution in [1.29, 1.82) is 0 Å². The molecule has 1 atom stereocenters. The van der Waals surface area contributed by atoms with Crippen LogP contribution in [0.4, 0.5) is 17.8 Å². The Morgan fingerprint density at radius 3 is 2.67 bits per heavy atom. The van der Waals surface area contributed by atoms with E-state index in [1.807, 2.05) is 0 Å². The van der Waals surface area contributed by atoms with Crippen LogP contribution in [-0.2, 0) is 4.74 Å². The topological polar surface area (TPSA) is 92.4 Å². The molecule has 0 amide bonds. The highest BCUT2D eigenvalue weighted by Crippen LogP contribution is 2.14. The molecule has 0 radical (unpaired) electrons. The molecular weight excluding hydrogens is 270 g/mol. The van der Waals surface area contributed by atoms with Crippen LogP contribution in [0.3, 0.4) is 0 Å². The van der Waals surface area contributed by atoms with Crippen molar-refractivity contribution in [3.63, 3.8) is 0 Å². The minimum absolute atomic E-state index is 0.244. The predicted octanol–water partition coefficient (Wildman–Crippen LogP) is 0.0425. The Morgan fingerprint density at radius 2 is 2.00 bits per heavy atom. The highest BCUT2D eigenvalue weighted by molar-refractivity contribution is 5.42. The Balaban J connectivity index is 2.00. The van der Waals surface area contributed by atoms with Gasteiger partial charge in [-0.05, 0) is 34.0 Å². The molecule has 2 rings (SSSR count). The van der Waals surface area contributed by atoms with Crippen LogP contribution in [0, 0.1) is 0 Å². The minimum atomic E-state index is 0.244. The van der Waals surface area contributed by atoms with Crippen LogP contribution in [0.2, 0.25) is 0 Å². The first-order chi connectivity index (χ1) is 10.0. The molecule has 1 unspecified atom stereocenters. The van der Waals surface area contributed by atoms with Gasteiger partial charge in [-0.2, -0.15) is 15.0 Å². The number of morpholine rings is 1. The van der Waals surface area contributed by atoms with E-state index in [2.05, 4.69) is 51.1 Å². The molecule has 21 heavy (non-hydrogen) atoms. The van der Waals surface area contributed by atoms with Gasteiger partial charge in [-0.3, -0.25) is 0 Å². The van der Waals surface area contributed by atoms with E-state index in [-0.39, 0.29) is 12.0 Å². The number of hydrogen-bond donors (Lipinski definition) is 2. The van der Waals surface area contributed by atoms with Gasteiger partial charge in [-0.15, -0.1) is 0 Å². The first kappa shape index (κ1) is 15.7. The maximum absolute atomic E-state index is 5.80. The third-order valence-electron chi connectivity index (χ3n) is 3.32. The summed E-state index contributed by atoms with van der Waals surface area (Å²) in [6.07, 6.45) is 1.01. The number of rotatable bonds is 6. The zero-order valence-corrected chi connectivity index (χ0v) is 13.0. The zero-order valence-electron chi connectivity index (χ0n) is 13.0. The maximum Gasteiger partial charge on any atom is 0.232 e. The van der Waals surface area contributed by atoms with Crippen molar-refractivity contribution in [2.45, 2.75) is 19.4 Å². The second-order valence-corrected chi connectivity index (χ2v) is 5.55. The van der Waals surface area contributed by atoms with Crippen LogP contribution < -0.4 is 16.0 Å². The van der Waals surface area contributed by atoms with Gasteiger partial charge in [0.25, 0.3) is 0 Å². The van der Waals surface area contributed by atoms with Crippen molar-refractivity contribution in [2.24, 2.45) is 0 Å². The average Bonchev–Trinajstić information content (AvgIpc) is 2.45. The van der Waals surface area contributed by atoms with Crippen molar-refractivity contribution in [3.8, 4) is 0 Å². The number of aromatic nitrogens is 3. The molecule has 1 fully saturated rings. The number of hydrogen-bond acceptors (Lipinski definition) is 8. The average molecular weight is 295 g/mol. The lowest BCUT2D eigenvalue weighted by Gasteiger charge is -2.27. The summed E-state index contributed by atoms with van der Waals surface area (Å²) in [5.74, 6) is 1.40. The fourth-order valence-electron chi connectivity index (χ4n) is 2.09. The molecular formula is C13H25N7O. The van der Waals surface area contributed by atoms with Gasteiger partial charge in [0, 0.05) is 19.1 Å². The van der Waals surface area contributed by atoms with E-state index in [0.29, 0.717) is 25.1 Å². The summed E-state index contributed by atoms with van der Waals surface area (Å²) in [6, 6.07) is 0.270. The second-order valence-electron chi connectivity index (χ2n) is 5.55. The SMILES string of the molecule is CC(CCN(C)C)Nc1nc(N)nc(N2CCOCC2)n1. The number of ether oxygens (including phenoxy) is 1. The molecule has 118 valence electrons. The molecule has 3 N–H and O–H groups in total. The summed E-state index contributed by atoms with van der Waals surface area (Å²) in [4.78, 5) is 17.1. The van der Waals surface area contributed by atoms with Crippen LogP contribution in [0.5, 0.6) is 0 Å². The standard InChI is InChI=1S/C13H25N7O/c1-10(4-5-19(2)3)15-12-16-11(14)17-13(18-12)20-6-8-21-9-7-20/h10H,4-9H2,1-3H3,(H3,14,15,16,17,18). The monoisotopic (exact) mass is 295 g/mol. The van der Waals surface area contributed by atoms with Crippen LogP contribution in [-0.4, -0.2) is 72.8 Å². The molecule has 0 spiro atoms. The van der Waals surface area contributed by atoms with Gasteiger partial charge in [-0.1, -0.05) is 0 Å². The van der Waals surface area contributed by atoms with Crippen LogP contribution in [0.25, 0.3) is 0 Å². The lowest BCUT2D eigenvalue weighted by atomic mass is 10.2. The van der Waals surface area contributed by atoms with Gasteiger partial charge in [0.15, 0.2) is 0 Å². The van der Waals surface area contributed by atoms with Crippen LogP contribution in [0.15, 0.2) is 0 Å². The molecule has 0 saturated carbocycles. The number of nitrogens with two attached hydrogens (primary N) is 1. The van der Waals surface area contributed by atoms with Gasteiger partial charge >= 0.3 is 0 Å². The van der Waals surface area contributed by atoms with Crippen molar-refractivity contribution < 1.29 is 4.74 Å². The summed E-state index contributed by atoms with van der Waals surface area (Å²) in [5.41, 5.74) is 5.80. The van der Waals surface area contributed by atoms with Gasteiger partial charge in [-0.25, -0.2) is 0 Å². The Morgan fingerprint density at radius 1 is 1.29 bits per heavy atom. The van der Waals surface area contributed by atoms with E-state index >= 15 is 0 Å². The molecule has 0 aromatic carbocycles. The Kier molecular flexibility index (Phi) is 5.51. The maximum atomic E-state index is 5.80. The normalized spacial score (nSPS) is 17.0. The summed E-state index contributed by atoms with van der Waals surface area (Å²) < 4.78 is 5.34. The van der Waals surface area contributed by atoms with E-state index in [4.69, 9.17) is 10.5 Å². The van der Waals surface area contributed by atoms with E-state index in [0.717, 1.165) is 26.1 Å². The molecule has 0 aliphatic carbocycles. The first-order valence-electron chi connectivity index (χ1n) is 7.30. The molecule has 8 heteroatoms. The Bertz CT molecular complexity index is 448. The van der Waals surface area contributed by atoms with Crippen LogP contribution in [0.1, 0.15) is 13.3 Å². The van der Waals surface area contributed by atoms with E-state index in [1.165, 1.54) is 0 Å². The van der Waals surface area contributed by atoms with Crippen molar-refractivity contribution >= 4 is 17.8 Å². The first-order valence-corrected chi connectivity index (χ1v) is 7.30. The fourth-order valence-corrected chi connectivity index (χ4v) is 2.09. The van der Waals surface area contributed by atoms with Crippen molar-refractivity contribution in [1.82, 2.24) is 19.9 Å². The molecule has 0 bridgehead atoms. The molecule has 1 aromatic heterocycles. The number of nitrogens with one attached hydrogen (secondary N) is 1. The highest BCUT2D eigenvalue weighted by Gasteiger charge is 2.16. The predicted molar refractivity (Wildman–Crippen MR) is 83.5 cm³/mol. The summed E-state index contributed by atoms with van der Waals surface area (Å²) in [7, 11) is 4.12. The van der Waals surface area contributed by atoms with Crippen molar-refractivity contribution in [3.05, 3.63) is 0 Å². The largest absolute Gasteiger partial charge is 0.378 e. The number of anilines is 3. The molecule has 8 nitrogen and oxygen atoms in total. The zero-order chi connectivity index (χ0) is 15.2. The fraction of sp³-hybridized carbons (Fsp3) is 0.769. The molecule has 1 saturated heterocycles. The van der Waals surface area contributed by atoms with Crippen molar-refractivity contribution in [2.75, 3.05) is 62.9 Å². The highest BCUT2D eigenvalue weighted by atomic mass is 16.5. The second kappa shape index (κ2) is 7.37. The summed E-state index contributed by atoms with van der Waals surface area (Å²) in [6.45, 7) is 6.04. The van der Waals surface area contributed by atoms with E-state index in [1.54, 1.807) is 0 Å². The molecule has 1 aliphatic heterocycles. The molecule has 2 heterocycles. The third kappa shape index (κ3) is 4.98. The van der Waals surface area contributed by atoms with Crippen LogP contribution >= 0.6 is 0 Å². The third-order valence-corrected chi connectivity index (χ3v) is 3.32. The molecule has 1 aliphatic rings. The summed E-state index contributed by atoms with van der Waals surface area (Å²) in [5, 5.41) is 3.29.